The molecule has 164 valence electrons. The van der Waals surface area contributed by atoms with Crippen molar-refractivity contribution in [2.45, 2.75) is 17.9 Å². The van der Waals surface area contributed by atoms with Gasteiger partial charge in [-0.2, -0.15) is 0 Å². The average molecular weight is 443 g/mol. The van der Waals surface area contributed by atoms with Crippen LogP contribution in [0.4, 0.5) is 11.6 Å². The number of nitrogens with zero attached hydrogens (tertiary/aromatic N) is 3. The van der Waals surface area contributed by atoms with Crippen molar-refractivity contribution < 1.29 is 13.2 Å². The quantitative estimate of drug-likeness (QED) is 0.648. The number of benzene rings is 2. The maximum Gasteiger partial charge on any atom is 0.262 e. The van der Waals surface area contributed by atoms with Crippen LogP contribution in [-0.2, 0) is 21.6 Å². The van der Waals surface area contributed by atoms with Crippen molar-refractivity contribution in [1.29, 1.82) is 0 Å². The summed E-state index contributed by atoms with van der Waals surface area (Å²) in [6.07, 6.45) is 1.19. The van der Waals surface area contributed by atoms with Gasteiger partial charge in [-0.25, -0.2) is 13.4 Å². The van der Waals surface area contributed by atoms with E-state index in [9.17, 15) is 13.2 Å². The number of fused-ring (bicyclic) bond motifs is 1. The van der Waals surface area contributed by atoms with E-state index in [1.807, 2.05) is 19.1 Å². The molecule has 4 rings (SSSR count). The van der Waals surface area contributed by atoms with E-state index in [0.29, 0.717) is 48.8 Å². The highest BCUT2D eigenvalue weighted by Crippen LogP contribution is 2.29. The molecule has 0 spiro atoms. The number of nitrogens with one attached hydrogen (secondary N) is 1. The minimum absolute atomic E-state index is 0.114. The predicted octanol–water partition coefficient (Wildman–Crippen LogP) is 2.35. The Morgan fingerprint density at radius 1 is 1.10 bits per heavy atom. The van der Waals surface area contributed by atoms with Crippen molar-refractivity contribution in [3.8, 4) is 0 Å². The van der Waals surface area contributed by atoms with Gasteiger partial charge in [-0.3, -0.25) is 9.36 Å². The summed E-state index contributed by atoms with van der Waals surface area (Å²) in [5.41, 5.74) is 1.85. The Labute approximate surface area is 181 Å². The van der Waals surface area contributed by atoms with Crippen molar-refractivity contribution in [2.75, 3.05) is 42.8 Å². The Balaban J connectivity index is 1.79. The van der Waals surface area contributed by atoms with Gasteiger partial charge in [0.2, 0.25) is 5.95 Å². The van der Waals surface area contributed by atoms with Crippen molar-refractivity contribution in [3.63, 3.8) is 0 Å². The third-order valence-corrected chi connectivity index (χ3v) is 6.69. The predicted molar refractivity (Wildman–Crippen MR) is 122 cm³/mol. The van der Waals surface area contributed by atoms with Crippen LogP contribution in [0.2, 0.25) is 0 Å². The molecule has 2 aromatic carbocycles. The van der Waals surface area contributed by atoms with Gasteiger partial charge < -0.3 is 15.0 Å². The molecule has 8 nitrogen and oxygen atoms in total. The van der Waals surface area contributed by atoms with Crippen molar-refractivity contribution in [3.05, 3.63) is 58.4 Å². The third kappa shape index (κ3) is 4.15. The molecular weight excluding hydrogens is 416 g/mol. The lowest BCUT2D eigenvalue weighted by atomic mass is 10.0. The standard InChI is InChI=1S/C22H26N4O4S/c1-15(23-18-9-4-5-10-19(18)31(3,28)29)16-7-6-8-17-20(16)24-22(25(2)21(17)27)26-11-13-30-14-12-26/h4-10,15,23H,11-14H2,1-3H3. The first-order valence-corrected chi connectivity index (χ1v) is 12.0. The second kappa shape index (κ2) is 8.32. The Bertz CT molecular complexity index is 1280. The van der Waals surface area contributed by atoms with Gasteiger partial charge in [0.25, 0.3) is 5.56 Å². The second-order valence-corrected chi connectivity index (χ2v) is 9.74. The molecule has 1 aromatic heterocycles. The van der Waals surface area contributed by atoms with E-state index in [1.165, 1.54) is 6.26 Å². The molecule has 1 saturated heterocycles. The van der Waals surface area contributed by atoms with Crippen LogP contribution in [0.1, 0.15) is 18.5 Å². The molecule has 1 aliphatic heterocycles. The highest BCUT2D eigenvalue weighted by molar-refractivity contribution is 7.90. The lowest BCUT2D eigenvalue weighted by molar-refractivity contribution is 0.121. The van der Waals surface area contributed by atoms with Gasteiger partial charge in [-0.1, -0.05) is 24.3 Å². The molecule has 9 heteroatoms. The minimum atomic E-state index is -3.39. The largest absolute Gasteiger partial charge is 0.378 e. The second-order valence-electron chi connectivity index (χ2n) is 7.75. The molecule has 31 heavy (non-hydrogen) atoms. The first-order chi connectivity index (χ1) is 14.8. The lowest BCUT2D eigenvalue weighted by Crippen LogP contribution is -2.40. The molecule has 0 aliphatic carbocycles. The van der Waals surface area contributed by atoms with Crippen LogP contribution >= 0.6 is 0 Å². The first-order valence-electron chi connectivity index (χ1n) is 10.2. The van der Waals surface area contributed by atoms with Crippen molar-refractivity contribution in [2.24, 2.45) is 7.05 Å². The fourth-order valence-electron chi connectivity index (χ4n) is 3.92. The summed E-state index contributed by atoms with van der Waals surface area (Å²) >= 11 is 0. The number of morpholine rings is 1. The zero-order valence-corrected chi connectivity index (χ0v) is 18.6. The van der Waals surface area contributed by atoms with E-state index >= 15 is 0 Å². The Morgan fingerprint density at radius 3 is 2.52 bits per heavy atom. The summed E-state index contributed by atoms with van der Waals surface area (Å²) in [5, 5.41) is 3.83. The number of hydrogen-bond donors (Lipinski definition) is 1. The van der Waals surface area contributed by atoms with Crippen LogP contribution in [0.15, 0.2) is 52.2 Å². The molecule has 1 unspecified atom stereocenters. The molecule has 1 fully saturated rings. The van der Waals surface area contributed by atoms with Gasteiger partial charge in [0, 0.05) is 32.0 Å². The van der Waals surface area contributed by atoms with Gasteiger partial charge in [-0.15, -0.1) is 0 Å². The van der Waals surface area contributed by atoms with E-state index in [1.54, 1.807) is 41.9 Å². The number of anilines is 2. The zero-order chi connectivity index (χ0) is 22.2. The van der Waals surface area contributed by atoms with Crippen LogP contribution in [0.5, 0.6) is 0 Å². The van der Waals surface area contributed by atoms with Crippen LogP contribution in [0.25, 0.3) is 10.9 Å². The number of rotatable bonds is 5. The molecule has 0 saturated carbocycles. The maximum absolute atomic E-state index is 13.1. The number of hydrogen-bond acceptors (Lipinski definition) is 7. The van der Waals surface area contributed by atoms with Gasteiger partial charge >= 0.3 is 0 Å². The molecule has 0 radical (unpaired) electrons. The summed E-state index contributed by atoms with van der Waals surface area (Å²) in [5.74, 6) is 0.608. The van der Waals surface area contributed by atoms with E-state index in [4.69, 9.17) is 9.72 Å². The van der Waals surface area contributed by atoms with E-state index in [-0.39, 0.29) is 16.5 Å². The number of para-hydroxylation sites is 2. The normalized spacial score (nSPS) is 15.8. The van der Waals surface area contributed by atoms with Crippen LogP contribution in [-0.4, -0.2) is 50.5 Å². The van der Waals surface area contributed by atoms with Crippen LogP contribution in [0, 0.1) is 0 Å². The Hall–Kier alpha value is -2.91. The molecule has 1 atom stereocenters. The molecule has 1 N–H and O–H groups in total. The topological polar surface area (TPSA) is 93.5 Å². The van der Waals surface area contributed by atoms with Gasteiger partial charge in [0.1, 0.15) is 0 Å². The highest BCUT2D eigenvalue weighted by atomic mass is 32.2. The number of aromatic nitrogens is 2. The van der Waals surface area contributed by atoms with Crippen LogP contribution < -0.4 is 15.8 Å². The monoisotopic (exact) mass is 442 g/mol. The number of sulfone groups is 1. The summed E-state index contributed by atoms with van der Waals surface area (Å²) in [6, 6.07) is 12.1. The zero-order valence-electron chi connectivity index (χ0n) is 17.8. The summed E-state index contributed by atoms with van der Waals surface area (Å²) < 4.78 is 31.4. The molecule has 0 bridgehead atoms. The van der Waals surface area contributed by atoms with Gasteiger partial charge in [0.15, 0.2) is 9.84 Å². The van der Waals surface area contributed by atoms with Gasteiger partial charge in [0.05, 0.1) is 40.7 Å². The highest BCUT2D eigenvalue weighted by Gasteiger charge is 2.21. The number of ether oxygens (including phenoxy) is 1. The van der Waals surface area contributed by atoms with Gasteiger partial charge in [-0.05, 0) is 25.1 Å². The first kappa shape index (κ1) is 21.3. The lowest BCUT2D eigenvalue weighted by Gasteiger charge is -2.29. The van der Waals surface area contributed by atoms with E-state index in [2.05, 4.69) is 10.2 Å². The summed E-state index contributed by atoms with van der Waals surface area (Å²) in [7, 11) is -1.65. The fraction of sp³-hybridized carbons (Fsp3) is 0.364. The molecule has 2 heterocycles. The van der Waals surface area contributed by atoms with Crippen molar-refractivity contribution >= 4 is 32.4 Å². The maximum atomic E-state index is 13.1. The van der Waals surface area contributed by atoms with Crippen LogP contribution in [0.3, 0.4) is 0 Å². The molecular formula is C22H26N4O4S. The Morgan fingerprint density at radius 2 is 1.81 bits per heavy atom. The summed E-state index contributed by atoms with van der Waals surface area (Å²) in [6.45, 7) is 4.46. The summed E-state index contributed by atoms with van der Waals surface area (Å²) in [4.78, 5) is 20.2. The minimum Gasteiger partial charge on any atom is -0.378 e. The average Bonchev–Trinajstić information content (AvgIpc) is 2.76. The fourth-order valence-corrected chi connectivity index (χ4v) is 4.77. The van der Waals surface area contributed by atoms with E-state index in [0.717, 1.165) is 5.56 Å². The Kier molecular flexibility index (Phi) is 5.72. The van der Waals surface area contributed by atoms with E-state index < -0.39 is 9.84 Å². The third-order valence-electron chi connectivity index (χ3n) is 5.53. The molecule has 0 amide bonds. The smallest absolute Gasteiger partial charge is 0.262 e. The van der Waals surface area contributed by atoms with Crippen molar-refractivity contribution in [1.82, 2.24) is 9.55 Å². The molecule has 3 aromatic rings. The SMILES string of the molecule is CC(Nc1ccccc1S(C)(=O)=O)c1cccc2c(=O)n(C)c(N3CCOCC3)nc12. The molecule has 1 aliphatic rings.